The molecule has 0 bridgehead atoms. The van der Waals surface area contributed by atoms with Crippen LogP contribution in [0.4, 0.5) is 16.3 Å². The van der Waals surface area contributed by atoms with E-state index < -0.39 is 0 Å². The number of amides is 3. The van der Waals surface area contributed by atoms with Crippen LogP contribution in [0.1, 0.15) is 18.4 Å². The second-order valence-electron chi connectivity index (χ2n) is 6.78. The van der Waals surface area contributed by atoms with Crippen LogP contribution >= 0.6 is 15.9 Å². The van der Waals surface area contributed by atoms with E-state index in [0.29, 0.717) is 0 Å². The smallest absolute Gasteiger partial charge is 0.315 e. The minimum absolute atomic E-state index is 0.0753. The Morgan fingerprint density at radius 2 is 2.00 bits per heavy atom. The number of carbonyl (C=O) groups excluding carboxylic acids is 2. The zero-order chi connectivity index (χ0) is 19.9. The highest BCUT2D eigenvalue weighted by Crippen LogP contribution is 2.20. The van der Waals surface area contributed by atoms with E-state index in [1.807, 2.05) is 43.3 Å². The minimum Gasteiger partial charge on any atom is -0.356 e. The predicted molar refractivity (Wildman–Crippen MR) is 114 cm³/mol. The van der Waals surface area contributed by atoms with Gasteiger partial charge in [0.2, 0.25) is 5.91 Å². The van der Waals surface area contributed by atoms with Crippen molar-refractivity contribution in [1.82, 2.24) is 15.6 Å². The number of benzene rings is 1. The molecule has 7 nitrogen and oxygen atoms in total. The summed E-state index contributed by atoms with van der Waals surface area (Å²) in [6, 6.07) is 11.2. The maximum absolute atomic E-state index is 12.1. The average Bonchev–Trinajstić information content (AvgIpc) is 2.70. The number of rotatable bonds is 5. The zero-order valence-corrected chi connectivity index (χ0v) is 17.3. The highest BCUT2D eigenvalue weighted by molar-refractivity contribution is 9.10. The molecule has 0 spiro atoms. The van der Waals surface area contributed by atoms with E-state index in [1.54, 1.807) is 6.20 Å². The first-order chi connectivity index (χ1) is 13.5. The van der Waals surface area contributed by atoms with Crippen molar-refractivity contribution in [2.24, 2.45) is 0 Å². The van der Waals surface area contributed by atoms with Crippen LogP contribution in [-0.4, -0.2) is 42.6 Å². The third-order valence-corrected chi connectivity index (χ3v) is 5.17. The summed E-state index contributed by atoms with van der Waals surface area (Å²) in [6.45, 7) is 3.52. The van der Waals surface area contributed by atoms with Gasteiger partial charge in [-0.25, -0.2) is 9.78 Å². The van der Waals surface area contributed by atoms with Gasteiger partial charge in [-0.05, 0) is 55.7 Å². The molecule has 0 saturated carbocycles. The lowest BCUT2D eigenvalue weighted by atomic mass is 10.1. The number of aryl methyl sites for hydroxylation is 1. The van der Waals surface area contributed by atoms with Gasteiger partial charge in [0, 0.05) is 35.5 Å². The van der Waals surface area contributed by atoms with E-state index in [4.69, 9.17) is 0 Å². The van der Waals surface area contributed by atoms with Crippen LogP contribution in [0.2, 0.25) is 0 Å². The fraction of sp³-hybridized carbons (Fsp3) is 0.350. The molecule has 8 heteroatoms. The topological polar surface area (TPSA) is 86.4 Å². The monoisotopic (exact) mass is 445 g/mol. The van der Waals surface area contributed by atoms with Crippen LogP contribution in [0.25, 0.3) is 0 Å². The summed E-state index contributed by atoms with van der Waals surface area (Å²) in [4.78, 5) is 30.7. The maximum atomic E-state index is 12.1. The average molecular weight is 446 g/mol. The first-order valence-corrected chi connectivity index (χ1v) is 10.1. The second kappa shape index (κ2) is 9.54. The lowest BCUT2D eigenvalue weighted by Crippen LogP contribution is -2.49. The lowest BCUT2D eigenvalue weighted by molar-refractivity contribution is -0.115. The molecule has 1 fully saturated rings. The van der Waals surface area contributed by atoms with Crippen molar-refractivity contribution in [2.75, 3.05) is 29.9 Å². The van der Waals surface area contributed by atoms with E-state index in [9.17, 15) is 9.59 Å². The van der Waals surface area contributed by atoms with Gasteiger partial charge in [0.25, 0.3) is 0 Å². The number of nitrogens with zero attached hydrogens (tertiary/aromatic N) is 2. The summed E-state index contributed by atoms with van der Waals surface area (Å²) in [7, 11) is 0. The fourth-order valence-corrected chi connectivity index (χ4v) is 3.63. The van der Waals surface area contributed by atoms with Gasteiger partial charge in [0.15, 0.2) is 0 Å². The molecule has 3 amide bonds. The van der Waals surface area contributed by atoms with Crippen LogP contribution in [0, 0.1) is 6.92 Å². The Hall–Kier alpha value is -2.61. The maximum Gasteiger partial charge on any atom is 0.315 e. The molecule has 0 aliphatic carbocycles. The van der Waals surface area contributed by atoms with Crippen LogP contribution in [0.3, 0.4) is 0 Å². The number of halogens is 1. The number of anilines is 2. The van der Waals surface area contributed by atoms with E-state index in [2.05, 4.69) is 41.8 Å². The van der Waals surface area contributed by atoms with Gasteiger partial charge in [0.05, 0.1) is 6.54 Å². The molecule has 1 aliphatic heterocycles. The Bertz CT molecular complexity index is 823. The Morgan fingerprint density at radius 3 is 2.68 bits per heavy atom. The third-order valence-electron chi connectivity index (χ3n) is 4.68. The number of pyridine rings is 1. The van der Waals surface area contributed by atoms with Gasteiger partial charge in [-0.15, -0.1) is 0 Å². The Balaban J connectivity index is 1.38. The van der Waals surface area contributed by atoms with E-state index in [-0.39, 0.29) is 24.5 Å². The summed E-state index contributed by atoms with van der Waals surface area (Å²) in [5.41, 5.74) is 1.68. The van der Waals surface area contributed by atoms with Crippen molar-refractivity contribution < 1.29 is 9.59 Å². The highest BCUT2D eigenvalue weighted by atomic mass is 79.9. The summed E-state index contributed by atoms with van der Waals surface area (Å²) < 4.78 is 0.953. The number of carbonyl (C=O) groups is 2. The van der Waals surface area contributed by atoms with Crippen LogP contribution in [0.15, 0.2) is 47.1 Å². The van der Waals surface area contributed by atoms with E-state index in [0.717, 1.165) is 47.5 Å². The first-order valence-electron chi connectivity index (χ1n) is 9.27. The highest BCUT2D eigenvalue weighted by Gasteiger charge is 2.21. The zero-order valence-electron chi connectivity index (χ0n) is 15.7. The third kappa shape index (κ3) is 5.69. The SMILES string of the molecule is Cc1cc(Br)ccc1NC(=O)CNC(=O)NC1CCN(c2ccccn2)CC1. The number of piperidine rings is 1. The Labute approximate surface area is 173 Å². The molecule has 1 saturated heterocycles. The molecule has 2 aromatic rings. The molecule has 1 aliphatic rings. The van der Waals surface area contributed by atoms with Crippen molar-refractivity contribution in [2.45, 2.75) is 25.8 Å². The molecule has 28 heavy (non-hydrogen) atoms. The van der Waals surface area contributed by atoms with Gasteiger partial charge in [-0.3, -0.25) is 4.79 Å². The summed E-state index contributed by atoms with van der Waals surface area (Å²) in [6.07, 6.45) is 3.47. The van der Waals surface area contributed by atoms with E-state index in [1.165, 1.54) is 0 Å². The molecular weight excluding hydrogens is 422 g/mol. The number of urea groups is 1. The lowest BCUT2D eigenvalue weighted by Gasteiger charge is -2.33. The number of aromatic nitrogens is 1. The Morgan fingerprint density at radius 1 is 1.21 bits per heavy atom. The van der Waals surface area contributed by atoms with Gasteiger partial charge >= 0.3 is 6.03 Å². The number of hydrogen-bond acceptors (Lipinski definition) is 4. The fourth-order valence-electron chi connectivity index (χ4n) is 3.15. The van der Waals surface area contributed by atoms with E-state index >= 15 is 0 Å². The molecular formula is C20H24BrN5O2. The van der Waals surface area contributed by atoms with Crippen molar-refractivity contribution in [3.05, 3.63) is 52.6 Å². The van der Waals surface area contributed by atoms with Crippen molar-refractivity contribution in [3.8, 4) is 0 Å². The molecule has 148 valence electrons. The van der Waals surface area contributed by atoms with Gasteiger partial charge < -0.3 is 20.9 Å². The summed E-state index contributed by atoms with van der Waals surface area (Å²) in [5.74, 6) is 0.704. The quantitative estimate of drug-likeness (QED) is 0.659. The molecule has 3 rings (SSSR count). The first kappa shape index (κ1) is 20.1. The number of nitrogens with one attached hydrogen (secondary N) is 3. The minimum atomic E-state index is -0.320. The largest absolute Gasteiger partial charge is 0.356 e. The van der Waals surface area contributed by atoms with Crippen LogP contribution < -0.4 is 20.9 Å². The van der Waals surface area contributed by atoms with Gasteiger partial charge in [-0.1, -0.05) is 22.0 Å². The van der Waals surface area contributed by atoms with Crippen LogP contribution in [0.5, 0.6) is 0 Å². The van der Waals surface area contributed by atoms with Gasteiger partial charge in [-0.2, -0.15) is 0 Å². The van der Waals surface area contributed by atoms with Gasteiger partial charge in [0.1, 0.15) is 5.82 Å². The summed E-state index contributed by atoms with van der Waals surface area (Å²) in [5, 5.41) is 8.38. The van der Waals surface area contributed by atoms with Crippen molar-refractivity contribution in [3.63, 3.8) is 0 Å². The molecule has 0 radical (unpaired) electrons. The van der Waals surface area contributed by atoms with Crippen molar-refractivity contribution in [1.29, 1.82) is 0 Å². The molecule has 0 atom stereocenters. The standard InChI is InChI=1S/C20H24BrN5O2/c1-14-12-15(21)5-6-17(14)25-19(27)13-23-20(28)24-16-7-10-26(11-8-16)18-4-2-3-9-22-18/h2-6,9,12,16H,7-8,10-11,13H2,1H3,(H,25,27)(H2,23,24,28). The van der Waals surface area contributed by atoms with Crippen LogP contribution in [-0.2, 0) is 4.79 Å². The summed E-state index contributed by atoms with van der Waals surface area (Å²) >= 11 is 3.39. The molecule has 0 unspecified atom stereocenters. The molecule has 3 N–H and O–H groups in total. The normalized spacial score (nSPS) is 14.4. The predicted octanol–water partition coefficient (Wildman–Crippen LogP) is 3.06. The molecule has 2 heterocycles. The second-order valence-corrected chi connectivity index (χ2v) is 7.70. The Kier molecular flexibility index (Phi) is 6.86. The molecule has 1 aromatic heterocycles. The number of hydrogen-bond donors (Lipinski definition) is 3. The molecule has 1 aromatic carbocycles. The van der Waals surface area contributed by atoms with Crippen molar-refractivity contribution >= 4 is 39.4 Å².